The monoisotopic (exact) mass is 394 g/mol. The molecule has 0 amide bonds. The number of aromatic nitrogens is 2. The van der Waals surface area contributed by atoms with Crippen molar-refractivity contribution < 1.29 is 0 Å². The molecule has 7 heteroatoms. The van der Waals surface area contributed by atoms with Gasteiger partial charge in [0.15, 0.2) is 5.16 Å². The second-order valence-electron chi connectivity index (χ2n) is 5.44. The smallest absolute Gasteiger partial charge is 0.262 e. The Morgan fingerprint density at radius 2 is 2.08 bits per heavy atom. The fraction of sp³-hybridized carbons (Fsp3) is 0.176. The lowest BCUT2D eigenvalue weighted by Gasteiger charge is -2.14. The molecule has 1 aromatic heterocycles. The third-order valence-corrected chi connectivity index (χ3v) is 6.85. The minimum absolute atomic E-state index is 0.0356. The van der Waals surface area contributed by atoms with Gasteiger partial charge in [0, 0.05) is 21.4 Å². The Morgan fingerprint density at radius 3 is 2.92 bits per heavy atom. The molecule has 2 heterocycles. The Bertz CT molecular complexity index is 990. The summed E-state index contributed by atoms with van der Waals surface area (Å²) in [5, 5.41) is 2.73. The largest absolute Gasteiger partial charge is 0.282 e. The van der Waals surface area contributed by atoms with Gasteiger partial charge in [0.05, 0.1) is 22.0 Å². The standard InChI is InChI=1S/C17H12Cl2N2OS2/c18-10-5-6-15(13(19)7-10)23-8-11-9-24-17-20-14-4-2-1-3-12(14)16(22)21(11)17/h1-7,11H,8-9H2. The molecule has 0 bridgehead atoms. The van der Waals surface area contributed by atoms with Crippen LogP contribution < -0.4 is 5.56 Å². The molecule has 0 aliphatic carbocycles. The predicted molar refractivity (Wildman–Crippen MR) is 103 cm³/mol. The fourth-order valence-corrected chi connectivity index (χ4v) is 5.56. The number of fused-ring (bicyclic) bond motifs is 2. The molecule has 24 heavy (non-hydrogen) atoms. The van der Waals surface area contributed by atoms with Crippen molar-refractivity contribution >= 4 is 57.6 Å². The van der Waals surface area contributed by atoms with E-state index in [4.69, 9.17) is 23.2 Å². The molecule has 0 N–H and O–H groups in total. The maximum atomic E-state index is 12.8. The zero-order valence-corrected chi connectivity index (χ0v) is 15.6. The molecule has 3 nitrogen and oxygen atoms in total. The van der Waals surface area contributed by atoms with Crippen LogP contribution in [0.15, 0.2) is 57.3 Å². The number of halogens is 2. The molecule has 0 spiro atoms. The Balaban J connectivity index is 1.64. The molecule has 122 valence electrons. The first-order valence-corrected chi connectivity index (χ1v) is 10.1. The van der Waals surface area contributed by atoms with E-state index in [1.807, 2.05) is 41.0 Å². The summed E-state index contributed by atoms with van der Waals surface area (Å²) in [6, 6.07) is 13.1. The number of hydrogen-bond acceptors (Lipinski definition) is 4. The normalized spacial score (nSPS) is 16.5. The van der Waals surface area contributed by atoms with E-state index in [1.54, 1.807) is 29.6 Å². The maximum absolute atomic E-state index is 12.8. The Morgan fingerprint density at radius 1 is 1.25 bits per heavy atom. The fourth-order valence-electron chi connectivity index (χ4n) is 2.70. The van der Waals surface area contributed by atoms with Crippen molar-refractivity contribution in [2.75, 3.05) is 11.5 Å². The number of benzene rings is 2. The zero-order chi connectivity index (χ0) is 16.7. The Labute approximate surface area is 157 Å². The molecule has 1 atom stereocenters. The van der Waals surface area contributed by atoms with Crippen molar-refractivity contribution in [1.82, 2.24) is 9.55 Å². The summed E-state index contributed by atoms with van der Waals surface area (Å²) in [4.78, 5) is 18.4. The summed E-state index contributed by atoms with van der Waals surface area (Å²) < 4.78 is 1.82. The highest BCUT2D eigenvalue weighted by atomic mass is 35.5. The number of thioether (sulfide) groups is 2. The molecular formula is C17H12Cl2N2OS2. The van der Waals surface area contributed by atoms with E-state index in [0.717, 1.165) is 27.1 Å². The van der Waals surface area contributed by atoms with Gasteiger partial charge in [-0.25, -0.2) is 4.98 Å². The average Bonchev–Trinajstić information content (AvgIpc) is 2.97. The molecule has 1 unspecified atom stereocenters. The number of rotatable bonds is 3. The van der Waals surface area contributed by atoms with Gasteiger partial charge in [0.2, 0.25) is 0 Å². The number of hydrogen-bond donors (Lipinski definition) is 0. The molecule has 3 aromatic rings. The first kappa shape index (κ1) is 16.3. The van der Waals surface area contributed by atoms with Crippen LogP contribution >= 0.6 is 46.7 Å². The number of para-hydroxylation sites is 1. The van der Waals surface area contributed by atoms with Crippen molar-refractivity contribution in [3.8, 4) is 0 Å². The minimum Gasteiger partial charge on any atom is -0.282 e. The lowest BCUT2D eigenvalue weighted by Crippen LogP contribution is -2.25. The highest BCUT2D eigenvalue weighted by Gasteiger charge is 2.26. The van der Waals surface area contributed by atoms with Crippen LogP contribution in [0.5, 0.6) is 0 Å². The van der Waals surface area contributed by atoms with Crippen molar-refractivity contribution in [3.05, 3.63) is 62.9 Å². The maximum Gasteiger partial charge on any atom is 0.262 e. The molecule has 1 aliphatic heterocycles. The van der Waals surface area contributed by atoms with Crippen molar-refractivity contribution in [2.24, 2.45) is 0 Å². The third kappa shape index (κ3) is 2.94. The van der Waals surface area contributed by atoms with Gasteiger partial charge >= 0.3 is 0 Å². The Hall–Kier alpha value is -1.14. The molecule has 0 radical (unpaired) electrons. The molecule has 2 aromatic carbocycles. The zero-order valence-electron chi connectivity index (χ0n) is 12.4. The van der Waals surface area contributed by atoms with Gasteiger partial charge in [-0.3, -0.25) is 9.36 Å². The van der Waals surface area contributed by atoms with Crippen molar-refractivity contribution in [3.63, 3.8) is 0 Å². The van der Waals surface area contributed by atoms with E-state index in [0.29, 0.717) is 15.4 Å². The average molecular weight is 395 g/mol. The van der Waals surface area contributed by atoms with Crippen LogP contribution in [0.25, 0.3) is 10.9 Å². The van der Waals surface area contributed by atoms with Gasteiger partial charge in [-0.1, -0.05) is 47.1 Å². The van der Waals surface area contributed by atoms with E-state index >= 15 is 0 Å². The molecule has 4 rings (SSSR count). The molecule has 1 aliphatic rings. The Kier molecular flexibility index (Phi) is 4.52. The van der Waals surface area contributed by atoms with Gasteiger partial charge in [-0.15, -0.1) is 11.8 Å². The number of nitrogens with zero attached hydrogens (tertiary/aromatic N) is 2. The first-order valence-electron chi connectivity index (χ1n) is 7.35. The van der Waals surface area contributed by atoms with E-state index in [9.17, 15) is 4.79 Å². The topological polar surface area (TPSA) is 34.9 Å². The summed E-state index contributed by atoms with van der Waals surface area (Å²) in [5.74, 6) is 1.61. The summed E-state index contributed by atoms with van der Waals surface area (Å²) in [5.41, 5.74) is 0.795. The van der Waals surface area contributed by atoms with Gasteiger partial charge < -0.3 is 0 Å². The summed E-state index contributed by atoms with van der Waals surface area (Å²) in [6.07, 6.45) is 0. The van der Waals surface area contributed by atoms with E-state index in [1.165, 1.54) is 0 Å². The van der Waals surface area contributed by atoms with Crippen LogP contribution in [-0.2, 0) is 0 Å². The van der Waals surface area contributed by atoms with Gasteiger partial charge in [-0.2, -0.15) is 0 Å². The van der Waals surface area contributed by atoms with E-state index in [2.05, 4.69) is 4.98 Å². The second-order valence-corrected chi connectivity index (χ2v) is 8.33. The van der Waals surface area contributed by atoms with Crippen molar-refractivity contribution in [2.45, 2.75) is 16.1 Å². The van der Waals surface area contributed by atoms with Crippen LogP contribution in [0.4, 0.5) is 0 Å². The molecular weight excluding hydrogens is 383 g/mol. The molecule has 0 fully saturated rings. The summed E-state index contributed by atoms with van der Waals surface area (Å²) in [6.45, 7) is 0. The highest BCUT2D eigenvalue weighted by molar-refractivity contribution is 8.00. The van der Waals surface area contributed by atoms with Gasteiger partial charge in [0.25, 0.3) is 5.56 Å². The van der Waals surface area contributed by atoms with Crippen LogP contribution in [0.2, 0.25) is 10.0 Å². The first-order chi connectivity index (χ1) is 11.6. The lowest BCUT2D eigenvalue weighted by atomic mass is 10.2. The summed E-state index contributed by atoms with van der Waals surface area (Å²) >= 11 is 15.4. The van der Waals surface area contributed by atoms with Crippen molar-refractivity contribution in [1.29, 1.82) is 0 Å². The summed E-state index contributed by atoms with van der Waals surface area (Å²) in [7, 11) is 0. The highest BCUT2D eigenvalue weighted by Crippen LogP contribution is 2.37. The molecule has 0 saturated heterocycles. The molecule has 0 saturated carbocycles. The SMILES string of the molecule is O=c1c2ccccc2nc2n1C(CSc1ccc(Cl)cc1Cl)CS2. The van der Waals surface area contributed by atoms with E-state index < -0.39 is 0 Å². The van der Waals surface area contributed by atoms with Gasteiger partial charge in [-0.05, 0) is 30.3 Å². The third-order valence-electron chi connectivity index (χ3n) is 3.87. The van der Waals surface area contributed by atoms with E-state index in [-0.39, 0.29) is 11.6 Å². The minimum atomic E-state index is 0.0356. The quantitative estimate of drug-likeness (QED) is 0.454. The lowest BCUT2D eigenvalue weighted by molar-refractivity contribution is 0.558. The van der Waals surface area contributed by atoms with Gasteiger partial charge in [0.1, 0.15) is 0 Å². The van der Waals surface area contributed by atoms with Crippen LogP contribution in [0, 0.1) is 0 Å². The predicted octanol–water partition coefficient (Wildman–Crippen LogP) is 5.14. The van der Waals surface area contributed by atoms with Crippen LogP contribution in [-0.4, -0.2) is 21.1 Å². The second kappa shape index (κ2) is 6.64. The van der Waals surface area contributed by atoms with Crippen LogP contribution in [0.1, 0.15) is 6.04 Å². The van der Waals surface area contributed by atoms with Crippen LogP contribution in [0.3, 0.4) is 0 Å².